The van der Waals surface area contributed by atoms with Gasteiger partial charge in [0.25, 0.3) is 0 Å². The first-order chi connectivity index (χ1) is 7.72. The number of aliphatic hydroxyl groups is 1. The predicted octanol–water partition coefficient (Wildman–Crippen LogP) is 2.01. The molecule has 0 spiro atoms. The maximum absolute atomic E-state index is 8.86. The standard InChI is InChI=1S/C12H17NO2S/c13-12(16)3-1-2-8-15-11-6-4-10(9-14)5-7-11/h4-7,14H,1-3,8-9H2,(H2,13,16). The van der Waals surface area contributed by atoms with Gasteiger partial charge in [-0.25, -0.2) is 0 Å². The van der Waals surface area contributed by atoms with E-state index in [4.69, 9.17) is 27.8 Å². The third kappa shape index (κ3) is 5.09. The Morgan fingerprint density at radius 1 is 1.25 bits per heavy atom. The van der Waals surface area contributed by atoms with Crippen LogP contribution in [-0.4, -0.2) is 16.7 Å². The molecule has 3 N–H and O–H groups in total. The molecule has 0 aliphatic rings. The summed E-state index contributed by atoms with van der Waals surface area (Å²) in [5.74, 6) is 0.826. The summed E-state index contributed by atoms with van der Waals surface area (Å²) >= 11 is 4.78. The lowest BCUT2D eigenvalue weighted by molar-refractivity contribution is 0.281. The van der Waals surface area contributed by atoms with Crippen LogP contribution < -0.4 is 10.5 Å². The SMILES string of the molecule is NC(=S)CCCCOc1ccc(CO)cc1. The van der Waals surface area contributed by atoms with Crippen molar-refractivity contribution in [3.05, 3.63) is 29.8 Å². The molecule has 0 fully saturated rings. The first-order valence-electron chi connectivity index (χ1n) is 5.33. The van der Waals surface area contributed by atoms with E-state index in [0.717, 1.165) is 30.6 Å². The number of thiocarbonyl (C=S) groups is 1. The van der Waals surface area contributed by atoms with Gasteiger partial charge in [0.1, 0.15) is 5.75 Å². The fraction of sp³-hybridized carbons (Fsp3) is 0.417. The van der Waals surface area contributed by atoms with Gasteiger partial charge in [-0.3, -0.25) is 0 Å². The molecule has 0 radical (unpaired) electrons. The van der Waals surface area contributed by atoms with Crippen molar-refractivity contribution in [3.63, 3.8) is 0 Å². The summed E-state index contributed by atoms with van der Waals surface area (Å²) in [6, 6.07) is 7.42. The predicted molar refractivity (Wildman–Crippen MR) is 68.5 cm³/mol. The second-order valence-electron chi connectivity index (χ2n) is 3.57. The van der Waals surface area contributed by atoms with Gasteiger partial charge in [0.15, 0.2) is 0 Å². The number of ether oxygens (including phenoxy) is 1. The van der Waals surface area contributed by atoms with Gasteiger partial charge >= 0.3 is 0 Å². The average molecular weight is 239 g/mol. The summed E-state index contributed by atoms with van der Waals surface area (Å²) in [5, 5.41) is 8.86. The number of rotatable bonds is 7. The molecule has 0 aromatic heterocycles. The van der Waals surface area contributed by atoms with Crippen molar-refractivity contribution >= 4 is 17.2 Å². The highest BCUT2D eigenvalue weighted by Gasteiger charge is 1.95. The lowest BCUT2D eigenvalue weighted by Crippen LogP contribution is -2.07. The fourth-order valence-electron chi connectivity index (χ4n) is 1.28. The first kappa shape index (κ1) is 12.9. The summed E-state index contributed by atoms with van der Waals surface area (Å²) in [4.78, 5) is 0.562. The molecule has 1 aromatic rings. The monoisotopic (exact) mass is 239 g/mol. The quantitative estimate of drug-likeness (QED) is 0.564. The molecule has 0 saturated heterocycles. The van der Waals surface area contributed by atoms with Gasteiger partial charge < -0.3 is 15.6 Å². The zero-order valence-corrected chi connectivity index (χ0v) is 10.0. The normalized spacial score (nSPS) is 10.1. The Balaban J connectivity index is 2.19. The van der Waals surface area contributed by atoms with Gasteiger partial charge in [0.2, 0.25) is 0 Å². The highest BCUT2D eigenvalue weighted by Crippen LogP contribution is 2.12. The number of benzene rings is 1. The highest BCUT2D eigenvalue weighted by atomic mass is 32.1. The van der Waals surface area contributed by atoms with E-state index in [1.54, 1.807) is 0 Å². The number of hydrogen-bond donors (Lipinski definition) is 2. The lowest BCUT2D eigenvalue weighted by Gasteiger charge is -2.06. The smallest absolute Gasteiger partial charge is 0.119 e. The topological polar surface area (TPSA) is 55.5 Å². The van der Waals surface area contributed by atoms with Crippen LogP contribution in [0.15, 0.2) is 24.3 Å². The summed E-state index contributed by atoms with van der Waals surface area (Å²) in [7, 11) is 0. The second kappa shape index (κ2) is 7.19. The number of hydrogen-bond acceptors (Lipinski definition) is 3. The molecule has 0 atom stereocenters. The molecule has 1 rings (SSSR count). The molecule has 0 heterocycles. The van der Waals surface area contributed by atoms with Crippen molar-refractivity contribution < 1.29 is 9.84 Å². The molecule has 4 heteroatoms. The molecular weight excluding hydrogens is 222 g/mol. The first-order valence-corrected chi connectivity index (χ1v) is 5.74. The van der Waals surface area contributed by atoms with Gasteiger partial charge in [-0.2, -0.15) is 0 Å². The van der Waals surface area contributed by atoms with E-state index in [2.05, 4.69) is 0 Å². The molecule has 1 aromatic carbocycles. The molecule has 0 aliphatic carbocycles. The minimum atomic E-state index is 0.0637. The number of nitrogens with two attached hydrogens (primary N) is 1. The van der Waals surface area contributed by atoms with E-state index in [-0.39, 0.29) is 6.61 Å². The van der Waals surface area contributed by atoms with Crippen molar-refractivity contribution in [3.8, 4) is 5.75 Å². The van der Waals surface area contributed by atoms with E-state index in [9.17, 15) is 0 Å². The van der Waals surface area contributed by atoms with E-state index < -0.39 is 0 Å². The maximum atomic E-state index is 8.86. The summed E-state index contributed by atoms with van der Waals surface area (Å²) < 4.78 is 5.52. The Kier molecular flexibility index (Phi) is 5.82. The van der Waals surface area contributed by atoms with E-state index in [1.807, 2.05) is 24.3 Å². The summed E-state index contributed by atoms with van der Waals surface area (Å²) in [6.07, 6.45) is 2.69. The lowest BCUT2D eigenvalue weighted by atomic mass is 10.2. The van der Waals surface area contributed by atoms with Crippen LogP contribution in [-0.2, 0) is 6.61 Å². The zero-order valence-electron chi connectivity index (χ0n) is 9.19. The van der Waals surface area contributed by atoms with Crippen molar-refractivity contribution in [2.24, 2.45) is 5.73 Å². The van der Waals surface area contributed by atoms with Crippen LogP contribution in [0.4, 0.5) is 0 Å². The molecule has 16 heavy (non-hydrogen) atoms. The Bertz CT molecular complexity index is 324. The molecule has 0 unspecified atom stereocenters. The van der Waals surface area contributed by atoms with Gasteiger partial charge in [-0.05, 0) is 37.0 Å². The Hall–Kier alpha value is -1.13. The Morgan fingerprint density at radius 3 is 2.50 bits per heavy atom. The van der Waals surface area contributed by atoms with Gasteiger partial charge in [-0.15, -0.1) is 0 Å². The Labute approximate surface area is 101 Å². The number of unbranched alkanes of at least 4 members (excludes halogenated alkanes) is 1. The van der Waals surface area contributed by atoms with Crippen LogP contribution in [0.5, 0.6) is 5.75 Å². The van der Waals surface area contributed by atoms with E-state index in [0.29, 0.717) is 11.6 Å². The van der Waals surface area contributed by atoms with Crippen molar-refractivity contribution in [1.29, 1.82) is 0 Å². The van der Waals surface area contributed by atoms with Crippen LogP contribution in [0.25, 0.3) is 0 Å². The Morgan fingerprint density at radius 2 is 1.94 bits per heavy atom. The average Bonchev–Trinajstić information content (AvgIpc) is 2.29. The molecule has 0 bridgehead atoms. The van der Waals surface area contributed by atoms with Crippen molar-refractivity contribution in [1.82, 2.24) is 0 Å². The van der Waals surface area contributed by atoms with Crippen LogP contribution in [0.3, 0.4) is 0 Å². The van der Waals surface area contributed by atoms with Gasteiger partial charge in [0, 0.05) is 0 Å². The van der Waals surface area contributed by atoms with Crippen molar-refractivity contribution in [2.75, 3.05) is 6.61 Å². The van der Waals surface area contributed by atoms with Crippen molar-refractivity contribution in [2.45, 2.75) is 25.9 Å². The summed E-state index contributed by atoms with van der Waals surface area (Å²) in [5.41, 5.74) is 6.27. The minimum absolute atomic E-state index is 0.0637. The molecular formula is C12H17NO2S. The molecule has 0 saturated carbocycles. The number of aliphatic hydroxyl groups excluding tert-OH is 1. The minimum Gasteiger partial charge on any atom is -0.494 e. The third-order valence-corrected chi connectivity index (χ3v) is 2.40. The van der Waals surface area contributed by atoms with E-state index in [1.165, 1.54) is 0 Å². The highest BCUT2D eigenvalue weighted by molar-refractivity contribution is 7.80. The molecule has 0 amide bonds. The maximum Gasteiger partial charge on any atom is 0.119 e. The largest absolute Gasteiger partial charge is 0.494 e. The second-order valence-corrected chi connectivity index (χ2v) is 4.10. The zero-order chi connectivity index (χ0) is 11.8. The van der Waals surface area contributed by atoms with Gasteiger partial charge in [0.05, 0.1) is 18.2 Å². The van der Waals surface area contributed by atoms with E-state index >= 15 is 0 Å². The molecule has 88 valence electrons. The van der Waals surface area contributed by atoms with Crippen LogP contribution >= 0.6 is 12.2 Å². The molecule has 0 aliphatic heterocycles. The van der Waals surface area contributed by atoms with Crippen LogP contribution in [0, 0.1) is 0 Å². The summed E-state index contributed by atoms with van der Waals surface area (Å²) in [6.45, 7) is 0.731. The van der Waals surface area contributed by atoms with Crippen LogP contribution in [0.1, 0.15) is 24.8 Å². The van der Waals surface area contributed by atoms with Crippen LogP contribution in [0.2, 0.25) is 0 Å². The molecule has 3 nitrogen and oxygen atoms in total. The third-order valence-electron chi connectivity index (χ3n) is 2.19. The fourth-order valence-corrected chi connectivity index (χ4v) is 1.43. The van der Waals surface area contributed by atoms with Gasteiger partial charge in [-0.1, -0.05) is 24.4 Å².